The summed E-state index contributed by atoms with van der Waals surface area (Å²) in [6.45, 7) is 6.21. The van der Waals surface area contributed by atoms with Crippen molar-refractivity contribution in [3.63, 3.8) is 0 Å². The minimum atomic E-state index is -2.15. The molecule has 6 nitrogen and oxygen atoms in total. The summed E-state index contributed by atoms with van der Waals surface area (Å²) in [6.07, 6.45) is 0. The number of esters is 1. The second-order valence-corrected chi connectivity index (χ2v) is 6.35. The van der Waals surface area contributed by atoms with Crippen molar-refractivity contribution in [2.24, 2.45) is 0 Å². The first kappa shape index (κ1) is 22.2. The molecule has 0 saturated heterocycles. The fourth-order valence-corrected chi connectivity index (χ4v) is 2.83. The molecular formula is C23H25NO5. The molecule has 1 unspecified atom stereocenters. The lowest BCUT2D eigenvalue weighted by molar-refractivity contribution is -0.160. The zero-order valence-electron chi connectivity index (χ0n) is 16.6. The molecule has 6 heteroatoms. The Kier molecular flexibility index (Phi) is 7.96. The smallest absolute Gasteiger partial charge is 0.348 e. The lowest BCUT2D eigenvalue weighted by Gasteiger charge is -2.27. The molecule has 0 aliphatic rings. The van der Waals surface area contributed by atoms with E-state index in [9.17, 15) is 19.8 Å². The van der Waals surface area contributed by atoms with Crippen molar-refractivity contribution in [1.29, 1.82) is 0 Å². The van der Waals surface area contributed by atoms with Gasteiger partial charge in [-0.1, -0.05) is 68.2 Å². The van der Waals surface area contributed by atoms with Gasteiger partial charge in [0.05, 0.1) is 12.1 Å². The van der Waals surface area contributed by atoms with E-state index in [0.717, 1.165) is 13.1 Å². The fourth-order valence-electron chi connectivity index (χ4n) is 2.83. The number of nitrogens with zero attached hydrogens (tertiary/aromatic N) is 1. The van der Waals surface area contributed by atoms with Crippen LogP contribution in [0, 0.1) is 11.8 Å². The van der Waals surface area contributed by atoms with Crippen LogP contribution < -0.4 is 0 Å². The molecular weight excluding hydrogens is 370 g/mol. The molecule has 2 N–H and O–H groups in total. The molecule has 0 fully saturated rings. The van der Waals surface area contributed by atoms with Gasteiger partial charge in [-0.05, 0) is 30.8 Å². The minimum absolute atomic E-state index is 0.0383. The van der Waals surface area contributed by atoms with Gasteiger partial charge in [0.25, 0.3) is 0 Å². The Hall–Kier alpha value is -3.14. The van der Waals surface area contributed by atoms with Gasteiger partial charge in [0.2, 0.25) is 5.60 Å². The summed E-state index contributed by atoms with van der Waals surface area (Å²) in [5.41, 5.74) is -1.79. The average Bonchev–Trinajstić information content (AvgIpc) is 2.76. The summed E-state index contributed by atoms with van der Waals surface area (Å²) < 4.78 is 5.24. The van der Waals surface area contributed by atoms with Crippen molar-refractivity contribution < 1.29 is 24.5 Å². The average molecular weight is 395 g/mol. The molecule has 0 amide bonds. The number of rotatable bonds is 8. The maximum atomic E-state index is 12.9. The molecule has 2 aromatic carbocycles. The van der Waals surface area contributed by atoms with E-state index in [1.807, 2.05) is 13.8 Å². The van der Waals surface area contributed by atoms with Crippen LogP contribution >= 0.6 is 0 Å². The molecule has 0 bridgehead atoms. The molecule has 29 heavy (non-hydrogen) atoms. The molecule has 1 atom stereocenters. The monoisotopic (exact) mass is 395 g/mol. The Bertz CT molecular complexity index is 896. The van der Waals surface area contributed by atoms with Crippen LogP contribution in [0.2, 0.25) is 0 Å². The highest BCUT2D eigenvalue weighted by Crippen LogP contribution is 2.31. The summed E-state index contributed by atoms with van der Waals surface area (Å²) in [5.74, 6) is 3.65. The van der Waals surface area contributed by atoms with Gasteiger partial charge in [0.15, 0.2) is 6.61 Å². The number of carbonyl (C=O) groups is 2. The molecule has 2 rings (SSSR count). The van der Waals surface area contributed by atoms with Crippen molar-refractivity contribution in [3.05, 3.63) is 71.3 Å². The van der Waals surface area contributed by atoms with E-state index < -0.39 is 17.5 Å². The lowest BCUT2D eigenvalue weighted by atomic mass is 9.85. The van der Waals surface area contributed by atoms with Gasteiger partial charge in [-0.25, -0.2) is 9.59 Å². The summed E-state index contributed by atoms with van der Waals surface area (Å²) in [6, 6.07) is 13.9. The first-order valence-electron chi connectivity index (χ1n) is 9.40. The minimum Gasteiger partial charge on any atom is -0.478 e. The number of aromatic carboxylic acids is 1. The van der Waals surface area contributed by atoms with Crippen molar-refractivity contribution in [3.8, 4) is 11.8 Å². The first-order valence-corrected chi connectivity index (χ1v) is 9.40. The van der Waals surface area contributed by atoms with Gasteiger partial charge >= 0.3 is 11.9 Å². The predicted octanol–water partition coefficient (Wildman–Crippen LogP) is 2.51. The number of ether oxygens (including phenoxy) is 1. The maximum Gasteiger partial charge on any atom is 0.348 e. The van der Waals surface area contributed by atoms with Crippen LogP contribution in [-0.2, 0) is 15.1 Å². The number of carboxylic acid groups (broad SMARTS) is 1. The van der Waals surface area contributed by atoms with Crippen molar-refractivity contribution in [2.75, 3.05) is 26.2 Å². The highest BCUT2D eigenvalue weighted by atomic mass is 16.5. The summed E-state index contributed by atoms with van der Waals surface area (Å²) >= 11 is 0. The van der Waals surface area contributed by atoms with Gasteiger partial charge in [0.1, 0.15) is 0 Å². The van der Waals surface area contributed by atoms with Gasteiger partial charge in [-0.2, -0.15) is 0 Å². The fraction of sp³-hybridized carbons (Fsp3) is 0.304. The number of carbonyl (C=O) groups excluding carboxylic acids is 1. The van der Waals surface area contributed by atoms with E-state index in [0.29, 0.717) is 6.54 Å². The number of carboxylic acids is 1. The Morgan fingerprint density at radius 3 is 2.28 bits per heavy atom. The van der Waals surface area contributed by atoms with E-state index in [1.165, 1.54) is 24.3 Å². The van der Waals surface area contributed by atoms with Crippen molar-refractivity contribution in [1.82, 2.24) is 4.90 Å². The molecule has 0 aromatic heterocycles. The topological polar surface area (TPSA) is 87.1 Å². The molecule has 0 saturated carbocycles. The largest absolute Gasteiger partial charge is 0.478 e. The number of aliphatic hydroxyl groups is 1. The quantitative estimate of drug-likeness (QED) is 0.528. The molecule has 0 aliphatic carbocycles. The van der Waals surface area contributed by atoms with Crippen LogP contribution in [0.3, 0.4) is 0 Å². The SMILES string of the molecule is CCN(CC)CC#CCOC(=O)C(O)(c1ccccc1)c1cccc(C(=O)O)c1. The van der Waals surface area contributed by atoms with Crippen LogP contribution in [0.1, 0.15) is 35.3 Å². The van der Waals surface area contributed by atoms with Crippen LogP contribution in [0.5, 0.6) is 0 Å². The van der Waals surface area contributed by atoms with E-state index in [4.69, 9.17) is 4.74 Å². The Morgan fingerprint density at radius 1 is 1.00 bits per heavy atom. The van der Waals surface area contributed by atoms with Crippen LogP contribution in [0.15, 0.2) is 54.6 Å². The molecule has 0 heterocycles. The second-order valence-electron chi connectivity index (χ2n) is 6.35. The summed E-state index contributed by atoms with van der Waals surface area (Å²) in [4.78, 5) is 26.3. The third-order valence-electron chi connectivity index (χ3n) is 4.61. The van der Waals surface area contributed by atoms with Gasteiger partial charge < -0.3 is 14.9 Å². The standard InChI is InChI=1S/C23H25NO5/c1-3-24(4-2)15-8-9-16-29-22(27)23(28,19-12-6-5-7-13-19)20-14-10-11-18(17-20)21(25)26/h5-7,10-14,17,28H,3-4,15-16H2,1-2H3,(H,25,26). The third kappa shape index (κ3) is 5.44. The molecule has 0 spiro atoms. The van der Waals surface area contributed by atoms with Crippen LogP contribution in [0.25, 0.3) is 0 Å². The zero-order chi connectivity index (χ0) is 21.3. The van der Waals surface area contributed by atoms with Gasteiger partial charge in [-0.15, -0.1) is 0 Å². The summed E-state index contributed by atoms with van der Waals surface area (Å²) in [5, 5.41) is 20.6. The maximum absolute atomic E-state index is 12.9. The highest BCUT2D eigenvalue weighted by molar-refractivity contribution is 5.90. The molecule has 152 valence electrons. The number of hydrogen-bond acceptors (Lipinski definition) is 5. The Balaban J connectivity index is 2.28. The number of benzene rings is 2. The Morgan fingerprint density at radius 2 is 1.66 bits per heavy atom. The normalized spacial score (nSPS) is 12.6. The van der Waals surface area contributed by atoms with E-state index in [-0.39, 0.29) is 23.3 Å². The zero-order valence-corrected chi connectivity index (χ0v) is 16.6. The van der Waals surface area contributed by atoms with Crippen molar-refractivity contribution in [2.45, 2.75) is 19.4 Å². The third-order valence-corrected chi connectivity index (χ3v) is 4.61. The molecule has 0 radical (unpaired) electrons. The molecule has 0 aliphatic heterocycles. The van der Waals surface area contributed by atoms with Crippen molar-refractivity contribution >= 4 is 11.9 Å². The van der Waals surface area contributed by atoms with Gasteiger partial charge in [0, 0.05) is 5.56 Å². The van der Waals surface area contributed by atoms with E-state index in [2.05, 4.69) is 16.7 Å². The second kappa shape index (κ2) is 10.4. The van der Waals surface area contributed by atoms with Crippen LogP contribution in [-0.4, -0.2) is 53.3 Å². The first-order chi connectivity index (χ1) is 13.9. The van der Waals surface area contributed by atoms with Crippen LogP contribution in [0.4, 0.5) is 0 Å². The van der Waals surface area contributed by atoms with Gasteiger partial charge in [-0.3, -0.25) is 4.90 Å². The summed E-state index contributed by atoms with van der Waals surface area (Å²) in [7, 11) is 0. The number of hydrogen-bond donors (Lipinski definition) is 2. The van der Waals surface area contributed by atoms with E-state index >= 15 is 0 Å². The lowest BCUT2D eigenvalue weighted by Crippen LogP contribution is -2.38. The highest BCUT2D eigenvalue weighted by Gasteiger charge is 2.42. The molecule has 2 aromatic rings. The van der Waals surface area contributed by atoms with E-state index in [1.54, 1.807) is 30.3 Å². The Labute approximate surface area is 170 Å². The predicted molar refractivity (Wildman–Crippen MR) is 109 cm³/mol.